The number of ether oxygens (including phenoxy) is 1. The predicted octanol–water partition coefficient (Wildman–Crippen LogP) is 3.03. The number of likely N-dealkylation sites (tertiary alicyclic amines) is 2. The number of hydrogen-bond acceptors (Lipinski definition) is 3. The van der Waals surface area contributed by atoms with Crippen LogP contribution in [0.25, 0.3) is 0 Å². The van der Waals surface area contributed by atoms with Gasteiger partial charge in [-0.05, 0) is 52.9 Å². The molecule has 0 bridgehead atoms. The molecule has 5 nitrogen and oxygen atoms in total. The molecule has 0 N–H and O–H groups in total. The van der Waals surface area contributed by atoms with Gasteiger partial charge in [-0.1, -0.05) is 6.92 Å². The van der Waals surface area contributed by atoms with Crippen LogP contribution in [-0.4, -0.2) is 53.1 Å². The molecule has 2 saturated heterocycles. The third kappa shape index (κ3) is 4.14. The zero-order valence-electron chi connectivity index (χ0n) is 14.4. The Morgan fingerprint density at radius 3 is 2.27 bits per heavy atom. The van der Waals surface area contributed by atoms with Crippen LogP contribution < -0.4 is 0 Å². The monoisotopic (exact) mass is 310 g/mol. The van der Waals surface area contributed by atoms with E-state index in [2.05, 4.69) is 11.8 Å². The summed E-state index contributed by atoms with van der Waals surface area (Å²) in [4.78, 5) is 28.5. The molecule has 22 heavy (non-hydrogen) atoms. The Labute approximate surface area is 134 Å². The highest BCUT2D eigenvalue weighted by Crippen LogP contribution is 2.27. The molecule has 126 valence electrons. The molecular formula is C17H30N2O3. The van der Waals surface area contributed by atoms with Gasteiger partial charge in [-0.25, -0.2) is 4.79 Å². The average molecular weight is 310 g/mol. The molecule has 2 aliphatic rings. The SMILES string of the molecule is CCC1CCCN1C(=O)C1CCN(C(=O)OC(C)(C)C)CC1. The number of piperidine rings is 1. The van der Waals surface area contributed by atoms with E-state index in [9.17, 15) is 9.59 Å². The van der Waals surface area contributed by atoms with Crippen molar-refractivity contribution in [3.63, 3.8) is 0 Å². The van der Waals surface area contributed by atoms with Gasteiger partial charge in [-0.2, -0.15) is 0 Å². The van der Waals surface area contributed by atoms with Gasteiger partial charge in [0, 0.05) is 31.6 Å². The molecule has 0 aromatic carbocycles. The predicted molar refractivity (Wildman–Crippen MR) is 85.6 cm³/mol. The van der Waals surface area contributed by atoms with E-state index in [1.165, 1.54) is 0 Å². The standard InChI is InChI=1S/C17H30N2O3/c1-5-14-7-6-10-19(14)15(20)13-8-11-18(12-9-13)16(21)22-17(2,3)4/h13-14H,5-12H2,1-4H3. The molecule has 2 heterocycles. The largest absolute Gasteiger partial charge is 0.444 e. The maximum atomic E-state index is 12.7. The van der Waals surface area contributed by atoms with Crippen LogP contribution >= 0.6 is 0 Å². The highest BCUT2D eigenvalue weighted by molar-refractivity contribution is 5.80. The lowest BCUT2D eigenvalue weighted by atomic mass is 9.95. The number of amides is 2. The first-order valence-corrected chi connectivity index (χ1v) is 8.60. The first kappa shape index (κ1) is 17.1. The number of carbonyl (C=O) groups excluding carboxylic acids is 2. The molecule has 0 aromatic heterocycles. The number of hydrogen-bond donors (Lipinski definition) is 0. The van der Waals surface area contributed by atoms with Crippen molar-refractivity contribution in [3.05, 3.63) is 0 Å². The fraction of sp³-hybridized carbons (Fsp3) is 0.882. The van der Waals surface area contributed by atoms with E-state index in [0.29, 0.717) is 25.0 Å². The second-order valence-corrected chi connectivity index (χ2v) is 7.48. The average Bonchev–Trinajstić information content (AvgIpc) is 2.93. The van der Waals surface area contributed by atoms with Gasteiger partial charge in [0.05, 0.1) is 0 Å². The van der Waals surface area contributed by atoms with Crippen LogP contribution in [-0.2, 0) is 9.53 Å². The van der Waals surface area contributed by atoms with Gasteiger partial charge in [0.1, 0.15) is 5.60 Å². The molecule has 1 atom stereocenters. The van der Waals surface area contributed by atoms with E-state index in [-0.39, 0.29) is 12.0 Å². The van der Waals surface area contributed by atoms with Crippen molar-refractivity contribution in [2.75, 3.05) is 19.6 Å². The van der Waals surface area contributed by atoms with Crippen LogP contribution in [0.5, 0.6) is 0 Å². The van der Waals surface area contributed by atoms with E-state index in [1.807, 2.05) is 20.8 Å². The summed E-state index contributed by atoms with van der Waals surface area (Å²) < 4.78 is 5.40. The zero-order chi connectivity index (χ0) is 16.3. The summed E-state index contributed by atoms with van der Waals surface area (Å²) in [5.74, 6) is 0.374. The van der Waals surface area contributed by atoms with Crippen molar-refractivity contribution < 1.29 is 14.3 Å². The molecule has 2 rings (SSSR count). The van der Waals surface area contributed by atoms with Crippen molar-refractivity contribution in [2.45, 2.75) is 71.4 Å². The zero-order valence-corrected chi connectivity index (χ0v) is 14.4. The van der Waals surface area contributed by atoms with E-state index in [4.69, 9.17) is 4.74 Å². The molecule has 2 fully saturated rings. The Kier molecular flexibility index (Phi) is 5.35. The Hall–Kier alpha value is -1.26. The first-order valence-electron chi connectivity index (χ1n) is 8.60. The first-order chi connectivity index (χ1) is 10.3. The van der Waals surface area contributed by atoms with Crippen molar-refractivity contribution >= 4 is 12.0 Å². The highest BCUT2D eigenvalue weighted by atomic mass is 16.6. The Bertz CT molecular complexity index is 409. The van der Waals surface area contributed by atoms with Crippen LogP contribution in [0.15, 0.2) is 0 Å². The van der Waals surface area contributed by atoms with Crippen LogP contribution in [0, 0.1) is 5.92 Å². The van der Waals surface area contributed by atoms with Gasteiger partial charge >= 0.3 is 6.09 Å². The van der Waals surface area contributed by atoms with Crippen molar-refractivity contribution in [1.29, 1.82) is 0 Å². The molecule has 0 saturated carbocycles. The van der Waals surface area contributed by atoms with Crippen LogP contribution in [0.3, 0.4) is 0 Å². The van der Waals surface area contributed by atoms with Gasteiger partial charge in [0.25, 0.3) is 0 Å². The second kappa shape index (κ2) is 6.88. The third-order valence-electron chi connectivity index (χ3n) is 4.63. The number of carbonyl (C=O) groups is 2. The molecule has 5 heteroatoms. The van der Waals surface area contributed by atoms with Gasteiger partial charge in [0.2, 0.25) is 5.91 Å². The lowest BCUT2D eigenvalue weighted by molar-refractivity contribution is -0.138. The summed E-state index contributed by atoms with van der Waals surface area (Å²) in [6, 6.07) is 0.427. The minimum absolute atomic E-state index is 0.0748. The van der Waals surface area contributed by atoms with E-state index in [1.54, 1.807) is 4.90 Å². The summed E-state index contributed by atoms with van der Waals surface area (Å²) in [5, 5.41) is 0. The minimum Gasteiger partial charge on any atom is -0.444 e. The maximum Gasteiger partial charge on any atom is 0.410 e. The summed E-state index contributed by atoms with van der Waals surface area (Å²) in [6.45, 7) is 9.93. The lowest BCUT2D eigenvalue weighted by Crippen LogP contribution is -2.46. The van der Waals surface area contributed by atoms with Crippen molar-refractivity contribution in [2.24, 2.45) is 5.92 Å². The topological polar surface area (TPSA) is 49.9 Å². The van der Waals surface area contributed by atoms with E-state index in [0.717, 1.165) is 38.6 Å². The molecule has 0 aromatic rings. The normalized spacial score (nSPS) is 23.7. The smallest absolute Gasteiger partial charge is 0.410 e. The Balaban J connectivity index is 1.84. The lowest BCUT2D eigenvalue weighted by Gasteiger charge is -2.35. The molecule has 0 spiro atoms. The van der Waals surface area contributed by atoms with Gasteiger partial charge in [0.15, 0.2) is 0 Å². The van der Waals surface area contributed by atoms with E-state index >= 15 is 0 Å². The van der Waals surface area contributed by atoms with Gasteiger partial charge in [-0.15, -0.1) is 0 Å². The number of nitrogens with zero attached hydrogens (tertiary/aromatic N) is 2. The molecule has 1 unspecified atom stereocenters. The van der Waals surface area contributed by atoms with Crippen LogP contribution in [0.1, 0.15) is 59.8 Å². The Morgan fingerprint density at radius 2 is 1.73 bits per heavy atom. The van der Waals surface area contributed by atoms with Gasteiger partial charge in [-0.3, -0.25) is 4.79 Å². The highest BCUT2D eigenvalue weighted by Gasteiger charge is 2.35. The van der Waals surface area contributed by atoms with Crippen molar-refractivity contribution in [1.82, 2.24) is 9.80 Å². The second-order valence-electron chi connectivity index (χ2n) is 7.48. The molecule has 2 aliphatic heterocycles. The maximum absolute atomic E-state index is 12.7. The van der Waals surface area contributed by atoms with Crippen LogP contribution in [0.2, 0.25) is 0 Å². The summed E-state index contributed by atoms with van der Waals surface area (Å²) in [5.41, 5.74) is -0.465. The fourth-order valence-electron chi connectivity index (χ4n) is 3.42. The molecule has 0 aliphatic carbocycles. The summed E-state index contributed by atoms with van der Waals surface area (Å²) in [7, 11) is 0. The summed E-state index contributed by atoms with van der Waals surface area (Å²) in [6.07, 6.45) is 4.56. The van der Waals surface area contributed by atoms with E-state index < -0.39 is 5.60 Å². The van der Waals surface area contributed by atoms with Gasteiger partial charge < -0.3 is 14.5 Å². The summed E-state index contributed by atoms with van der Waals surface area (Å²) >= 11 is 0. The van der Waals surface area contributed by atoms with Crippen LogP contribution in [0.4, 0.5) is 4.79 Å². The molecule has 0 radical (unpaired) electrons. The number of rotatable bonds is 2. The molecule has 2 amide bonds. The Morgan fingerprint density at radius 1 is 1.09 bits per heavy atom. The molecular weight excluding hydrogens is 280 g/mol. The fourth-order valence-corrected chi connectivity index (χ4v) is 3.42. The van der Waals surface area contributed by atoms with Crippen molar-refractivity contribution in [3.8, 4) is 0 Å². The minimum atomic E-state index is -0.465. The third-order valence-corrected chi connectivity index (χ3v) is 4.63. The quantitative estimate of drug-likeness (QED) is 0.787.